The van der Waals surface area contributed by atoms with Crippen molar-refractivity contribution in [3.63, 3.8) is 0 Å². The van der Waals surface area contributed by atoms with Crippen molar-refractivity contribution in [1.82, 2.24) is 0 Å². The third-order valence-electron chi connectivity index (χ3n) is 6.91. The Labute approximate surface area is 175 Å². The first-order valence-electron chi connectivity index (χ1n) is 10.5. The maximum atomic E-state index is 6.45. The Hall–Kier alpha value is -2.82. The van der Waals surface area contributed by atoms with Gasteiger partial charge in [-0.05, 0) is 55.4 Å². The molecule has 6 rings (SSSR count). The van der Waals surface area contributed by atoms with Gasteiger partial charge in [-0.25, -0.2) is 0 Å². The number of fused-ring (bicyclic) bond motifs is 7. The Bertz CT molecular complexity index is 1450. The van der Waals surface area contributed by atoms with Crippen molar-refractivity contribution in [3.8, 4) is 0 Å². The highest BCUT2D eigenvalue weighted by Gasteiger charge is 2.52. The molecule has 1 fully saturated rings. The summed E-state index contributed by atoms with van der Waals surface area (Å²) in [6.45, 7) is 8.37. The van der Waals surface area contributed by atoms with E-state index in [1.54, 1.807) is 0 Å². The molecule has 1 aliphatic rings. The van der Waals surface area contributed by atoms with E-state index in [9.17, 15) is 0 Å². The molecule has 0 saturated carbocycles. The van der Waals surface area contributed by atoms with Crippen LogP contribution >= 0.6 is 0 Å². The lowest BCUT2D eigenvalue weighted by Crippen LogP contribution is -2.41. The van der Waals surface area contributed by atoms with Crippen molar-refractivity contribution in [3.05, 3.63) is 66.7 Å². The molecule has 3 nitrogen and oxygen atoms in total. The van der Waals surface area contributed by atoms with Crippen molar-refractivity contribution in [2.24, 2.45) is 0 Å². The second-order valence-electron chi connectivity index (χ2n) is 9.24. The number of rotatable bonds is 1. The zero-order valence-corrected chi connectivity index (χ0v) is 17.7. The van der Waals surface area contributed by atoms with Gasteiger partial charge < -0.3 is 13.7 Å². The largest absolute Gasteiger partial charge is 0.495 e. The normalized spacial score (nSPS) is 18.2. The molecule has 4 aromatic carbocycles. The Balaban J connectivity index is 1.77. The van der Waals surface area contributed by atoms with Crippen LogP contribution in [0.15, 0.2) is 71.1 Å². The topological polar surface area (TPSA) is 31.6 Å². The minimum atomic E-state index is -0.434. The number of furan rings is 1. The van der Waals surface area contributed by atoms with Gasteiger partial charge in [0.1, 0.15) is 11.2 Å². The SMILES string of the molecule is CC1(C)OB(c2cc3c4ccccc4oc3c3c2ccc2ccccc23)OC1(C)C. The van der Waals surface area contributed by atoms with Crippen molar-refractivity contribution in [1.29, 1.82) is 0 Å². The molecule has 5 aromatic rings. The standard InChI is InChI=1S/C26H23BO3/c1-25(2)26(3,4)30-27(29-25)21-15-20-18-11-7-8-12-22(18)28-24(20)23-17-10-6-5-9-16(17)13-14-19(21)23/h5-15H,1-4H3. The summed E-state index contributed by atoms with van der Waals surface area (Å²) in [7, 11) is -0.434. The van der Waals surface area contributed by atoms with Gasteiger partial charge in [0, 0.05) is 16.2 Å². The average molecular weight is 394 g/mol. The van der Waals surface area contributed by atoms with E-state index >= 15 is 0 Å². The van der Waals surface area contributed by atoms with E-state index in [4.69, 9.17) is 13.7 Å². The average Bonchev–Trinajstić information content (AvgIpc) is 3.20. The molecule has 148 valence electrons. The van der Waals surface area contributed by atoms with Gasteiger partial charge in [-0.1, -0.05) is 60.7 Å². The predicted octanol–water partition coefficient (Wildman–Crippen LogP) is 6.19. The van der Waals surface area contributed by atoms with Crippen LogP contribution in [-0.4, -0.2) is 18.3 Å². The lowest BCUT2D eigenvalue weighted by molar-refractivity contribution is 0.00578. The summed E-state index contributed by atoms with van der Waals surface area (Å²) in [4.78, 5) is 0. The molecule has 1 aliphatic heterocycles. The zero-order chi connectivity index (χ0) is 20.7. The van der Waals surface area contributed by atoms with E-state index in [0.717, 1.165) is 38.2 Å². The molecule has 4 heteroatoms. The summed E-state index contributed by atoms with van der Waals surface area (Å²) in [5.41, 5.74) is 2.08. The fraction of sp³-hybridized carbons (Fsp3) is 0.231. The summed E-state index contributed by atoms with van der Waals surface area (Å²) in [5.74, 6) is 0. The summed E-state index contributed by atoms with van der Waals surface area (Å²) in [6.07, 6.45) is 0. The second-order valence-corrected chi connectivity index (χ2v) is 9.24. The summed E-state index contributed by atoms with van der Waals surface area (Å²) in [6, 6.07) is 23.2. The van der Waals surface area contributed by atoms with Crippen molar-refractivity contribution in [2.75, 3.05) is 0 Å². The molecule has 0 radical (unpaired) electrons. The highest BCUT2D eigenvalue weighted by molar-refractivity contribution is 6.66. The van der Waals surface area contributed by atoms with Gasteiger partial charge in [0.2, 0.25) is 0 Å². The van der Waals surface area contributed by atoms with Crippen LogP contribution in [-0.2, 0) is 9.31 Å². The Kier molecular flexibility index (Phi) is 3.52. The van der Waals surface area contributed by atoms with E-state index in [2.05, 4.69) is 82.3 Å². The highest BCUT2D eigenvalue weighted by Crippen LogP contribution is 2.40. The maximum Gasteiger partial charge on any atom is 0.495 e. The van der Waals surface area contributed by atoms with E-state index in [1.807, 2.05) is 12.1 Å². The molecule has 1 aromatic heterocycles. The molecular weight excluding hydrogens is 371 g/mol. The summed E-state index contributed by atoms with van der Waals surface area (Å²) < 4.78 is 19.3. The third kappa shape index (κ3) is 2.35. The Morgan fingerprint density at radius 1 is 0.667 bits per heavy atom. The van der Waals surface area contributed by atoms with Crippen LogP contribution in [0.5, 0.6) is 0 Å². The van der Waals surface area contributed by atoms with Crippen LogP contribution in [0, 0.1) is 0 Å². The minimum absolute atomic E-state index is 0.395. The van der Waals surface area contributed by atoms with Gasteiger partial charge in [-0.15, -0.1) is 0 Å². The first-order chi connectivity index (χ1) is 14.4. The zero-order valence-electron chi connectivity index (χ0n) is 17.7. The summed E-state index contributed by atoms with van der Waals surface area (Å²) in [5, 5.41) is 6.81. The second kappa shape index (κ2) is 5.87. The van der Waals surface area contributed by atoms with Crippen LogP contribution in [0.2, 0.25) is 0 Å². The van der Waals surface area contributed by atoms with Gasteiger partial charge in [0.15, 0.2) is 0 Å². The molecule has 0 aliphatic carbocycles. The molecule has 1 saturated heterocycles. The van der Waals surface area contributed by atoms with Crippen LogP contribution in [0.4, 0.5) is 0 Å². The van der Waals surface area contributed by atoms with Gasteiger partial charge in [-0.2, -0.15) is 0 Å². The molecule has 0 amide bonds. The van der Waals surface area contributed by atoms with Crippen LogP contribution in [0.25, 0.3) is 43.5 Å². The van der Waals surface area contributed by atoms with Crippen molar-refractivity contribution < 1.29 is 13.7 Å². The first-order valence-corrected chi connectivity index (χ1v) is 10.5. The quantitative estimate of drug-likeness (QED) is 0.251. The maximum absolute atomic E-state index is 6.45. The molecule has 0 N–H and O–H groups in total. The minimum Gasteiger partial charge on any atom is -0.455 e. The highest BCUT2D eigenvalue weighted by atomic mass is 16.7. The molecule has 0 spiro atoms. The van der Waals surface area contributed by atoms with Gasteiger partial charge in [-0.3, -0.25) is 0 Å². The Morgan fingerprint density at radius 3 is 2.10 bits per heavy atom. The van der Waals surface area contributed by atoms with Crippen LogP contribution < -0.4 is 5.46 Å². The smallest absolute Gasteiger partial charge is 0.455 e. The lowest BCUT2D eigenvalue weighted by Gasteiger charge is -2.32. The van der Waals surface area contributed by atoms with E-state index in [0.29, 0.717) is 0 Å². The fourth-order valence-electron chi connectivity index (χ4n) is 4.55. The lowest BCUT2D eigenvalue weighted by atomic mass is 9.74. The molecule has 0 unspecified atom stereocenters. The number of para-hydroxylation sites is 1. The van der Waals surface area contributed by atoms with Gasteiger partial charge >= 0.3 is 7.12 Å². The summed E-state index contributed by atoms with van der Waals surface area (Å²) >= 11 is 0. The molecule has 30 heavy (non-hydrogen) atoms. The van der Waals surface area contributed by atoms with Crippen LogP contribution in [0.1, 0.15) is 27.7 Å². The molecule has 2 heterocycles. The first kappa shape index (κ1) is 18.0. The van der Waals surface area contributed by atoms with Crippen molar-refractivity contribution in [2.45, 2.75) is 38.9 Å². The number of hydrogen-bond acceptors (Lipinski definition) is 3. The van der Waals surface area contributed by atoms with E-state index in [1.165, 1.54) is 10.8 Å². The molecule has 0 bridgehead atoms. The van der Waals surface area contributed by atoms with Crippen LogP contribution in [0.3, 0.4) is 0 Å². The van der Waals surface area contributed by atoms with Crippen molar-refractivity contribution >= 4 is 56.1 Å². The predicted molar refractivity (Wildman–Crippen MR) is 124 cm³/mol. The monoisotopic (exact) mass is 394 g/mol. The van der Waals surface area contributed by atoms with Gasteiger partial charge in [0.25, 0.3) is 0 Å². The van der Waals surface area contributed by atoms with Gasteiger partial charge in [0.05, 0.1) is 11.2 Å². The molecular formula is C26H23BO3. The molecule has 0 atom stereocenters. The number of benzene rings is 4. The van der Waals surface area contributed by atoms with E-state index < -0.39 is 18.3 Å². The third-order valence-corrected chi connectivity index (χ3v) is 6.91. The Morgan fingerprint density at radius 2 is 1.33 bits per heavy atom. The fourth-order valence-corrected chi connectivity index (χ4v) is 4.55. The number of hydrogen-bond donors (Lipinski definition) is 0. The van der Waals surface area contributed by atoms with E-state index in [-0.39, 0.29) is 0 Å².